The van der Waals surface area contributed by atoms with Gasteiger partial charge in [-0.05, 0) is 63.9 Å². The molecule has 0 aliphatic heterocycles. The largest absolute Gasteiger partial charge is 0.456 e. The van der Waals surface area contributed by atoms with Gasteiger partial charge in [0.2, 0.25) is 0 Å². The molecule has 8 aromatic carbocycles. The summed E-state index contributed by atoms with van der Waals surface area (Å²) < 4.78 is 7.77. The second kappa shape index (κ2) is 12.1. The number of hydrogen-bond acceptors (Lipinski definition) is 4. The summed E-state index contributed by atoms with van der Waals surface area (Å²) in [4.78, 5) is 7.42. The van der Waals surface area contributed by atoms with E-state index in [2.05, 4.69) is 181 Å². The quantitative estimate of drug-likeness (QED) is 0.176. The zero-order valence-corrected chi connectivity index (χ0v) is 28.3. The van der Waals surface area contributed by atoms with Gasteiger partial charge in [-0.25, -0.2) is 4.98 Å². The summed E-state index contributed by atoms with van der Waals surface area (Å²) in [7, 11) is 0. The maximum Gasteiger partial charge on any atom is 0.137 e. The summed E-state index contributed by atoms with van der Waals surface area (Å²) in [5.74, 6) is 0. The zero-order chi connectivity index (χ0) is 33.7. The first-order valence-electron chi connectivity index (χ1n) is 17.1. The smallest absolute Gasteiger partial charge is 0.137 e. The summed E-state index contributed by atoms with van der Waals surface area (Å²) >= 11 is 1.72. The first-order valence-corrected chi connectivity index (χ1v) is 17.9. The number of aromatic nitrogens is 1. The van der Waals surface area contributed by atoms with Crippen LogP contribution in [0.1, 0.15) is 0 Å². The SMILES string of the molecule is c1ccc(-c2ccc(N(c3ccc4ccccc4c3-c3ccccc3)c3cccc4oc5cc6nc(-c7ccccc7)sc6cc5c34)cc2)cc1. The van der Waals surface area contributed by atoms with E-state index < -0.39 is 0 Å². The van der Waals surface area contributed by atoms with Crippen LogP contribution in [0.15, 0.2) is 186 Å². The average molecular weight is 671 g/mol. The van der Waals surface area contributed by atoms with Gasteiger partial charge in [0, 0.05) is 28.3 Å². The van der Waals surface area contributed by atoms with Crippen molar-refractivity contribution in [2.24, 2.45) is 0 Å². The van der Waals surface area contributed by atoms with Crippen LogP contribution in [0.25, 0.3) is 75.8 Å². The van der Waals surface area contributed by atoms with Crippen LogP contribution in [0.5, 0.6) is 0 Å². The van der Waals surface area contributed by atoms with E-state index in [1.165, 1.54) is 33.0 Å². The Morgan fingerprint density at radius 1 is 0.471 bits per heavy atom. The molecule has 0 radical (unpaired) electrons. The Hall–Kier alpha value is -6.49. The molecule has 51 heavy (non-hydrogen) atoms. The Balaban J connectivity index is 1.24. The molecule has 10 rings (SSSR count). The van der Waals surface area contributed by atoms with Crippen LogP contribution in [0, 0.1) is 0 Å². The van der Waals surface area contributed by atoms with Gasteiger partial charge in [0.1, 0.15) is 16.2 Å². The predicted octanol–water partition coefficient (Wildman–Crippen LogP) is 13.8. The first-order chi connectivity index (χ1) is 25.3. The molecule has 240 valence electrons. The van der Waals surface area contributed by atoms with E-state index in [-0.39, 0.29) is 0 Å². The van der Waals surface area contributed by atoms with E-state index in [0.29, 0.717) is 0 Å². The van der Waals surface area contributed by atoms with Crippen LogP contribution in [0.4, 0.5) is 17.1 Å². The molecule has 10 aromatic rings. The van der Waals surface area contributed by atoms with Crippen molar-refractivity contribution in [3.63, 3.8) is 0 Å². The molecule has 0 fully saturated rings. The Bertz CT molecular complexity index is 2840. The minimum absolute atomic E-state index is 0.830. The molecular formula is C47H30N2OS. The van der Waals surface area contributed by atoms with Gasteiger partial charge in [-0.15, -0.1) is 11.3 Å². The highest BCUT2D eigenvalue weighted by Crippen LogP contribution is 2.48. The van der Waals surface area contributed by atoms with Gasteiger partial charge in [0.25, 0.3) is 0 Å². The Labute approximate surface area is 299 Å². The van der Waals surface area contributed by atoms with Gasteiger partial charge < -0.3 is 9.32 Å². The first kappa shape index (κ1) is 29.4. The highest BCUT2D eigenvalue weighted by molar-refractivity contribution is 7.21. The molecule has 0 aliphatic carbocycles. The number of furan rings is 1. The van der Waals surface area contributed by atoms with Crippen molar-refractivity contribution in [2.75, 3.05) is 4.90 Å². The summed E-state index contributed by atoms with van der Waals surface area (Å²) in [6.07, 6.45) is 0. The lowest BCUT2D eigenvalue weighted by Crippen LogP contribution is -2.12. The Morgan fingerprint density at radius 3 is 1.90 bits per heavy atom. The topological polar surface area (TPSA) is 29.3 Å². The summed E-state index contributed by atoms with van der Waals surface area (Å²) in [5, 5.41) is 5.56. The molecule has 3 nitrogen and oxygen atoms in total. The Kier molecular flexibility index (Phi) is 7.00. The number of anilines is 3. The molecular weight excluding hydrogens is 641 g/mol. The van der Waals surface area contributed by atoms with Crippen LogP contribution >= 0.6 is 11.3 Å². The van der Waals surface area contributed by atoms with Crippen LogP contribution in [0.2, 0.25) is 0 Å². The van der Waals surface area contributed by atoms with Gasteiger partial charge in [-0.1, -0.05) is 140 Å². The van der Waals surface area contributed by atoms with Crippen molar-refractivity contribution in [1.29, 1.82) is 0 Å². The van der Waals surface area contributed by atoms with E-state index in [1.807, 2.05) is 6.07 Å². The third-order valence-electron chi connectivity index (χ3n) is 9.69. The summed E-state index contributed by atoms with van der Waals surface area (Å²) in [6.45, 7) is 0. The van der Waals surface area contributed by atoms with Crippen LogP contribution in [0.3, 0.4) is 0 Å². The van der Waals surface area contributed by atoms with E-state index in [1.54, 1.807) is 11.3 Å². The molecule has 0 N–H and O–H groups in total. The van der Waals surface area contributed by atoms with E-state index in [9.17, 15) is 0 Å². The van der Waals surface area contributed by atoms with Crippen molar-refractivity contribution in [2.45, 2.75) is 0 Å². The third kappa shape index (κ3) is 5.08. The lowest BCUT2D eigenvalue weighted by molar-refractivity contribution is 0.669. The van der Waals surface area contributed by atoms with E-state index in [0.717, 1.165) is 59.8 Å². The predicted molar refractivity (Wildman–Crippen MR) is 215 cm³/mol. The minimum Gasteiger partial charge on any atom is -0.456 e. The van der Waals surface area contributed by atoms with Crippen molar-refractivity contribution in [1.82, 2.24) is 4.98 Å². The average Bonchev–Trinajstić information content (AvgIpc) is 3.79. The number of benzene rings is 8. The highest BCUT2D eigenvalue weighted by atomic mass is 32.1. The van der Waals surface area contributed by atoms with Gasteiger partial charge in [-0.3, -0.25) is 0 Å². The fourth-order valence-corrected chi connectivity index (χ4v) is 8.31. The van der Waals surface area contributed by atoms with Crippen LogP contribution in [-0.2, 0) is 0 Å². The van der Waals surface area contributed by atoms with Gasteiger partial charge >= 0.3 is 0 Å². The van der Waals surface area contributed by atoms with E-state index >= 15 is 0 Å². The van der Waals surface area contributed by atoms with E-state index in [4.69, 9.17) is 9.40 Å². The number of thiazole rings is 1. The number of rotatable bonds is 6. The molecule has 0 amide bonds. The molecule has 0 saturated carbocycles. The fraction of sp³-hybridized carbons (Fsp3) is 0. The fourth-order valence-electron chi connectivity index (χ4n) is 7.31. The van der Waals surface area contributed by atoms with Crippen molar-refractivity contribution in [3.05, 3.63) is 182 Å². The second-order valence-corrected chi connectivity index (χ2v) is 13.8. The normalized spacial score (nSPS) is 11.5. The molecule has 0 atom stereocenters. The molecule has 2 heterocycles. The van der Waals surface area contributed by atoms with Gasteiger partial charge in [0.15, 0.2) is 0 Å². The van der Waals surface area contributed by atoms with Crippen LogP contribution in [-0.4, -0.2) is 4.98 Å². The summed E-state index contributed by atoms with van der Waals surface area (Å²) in [5.41, 5.74) is 11.7. The van der Waals surface area contributed by atoms with Crippen molar-refractivity contribution in [3.8, 4) is 32.8 Å². The number of fused-ring (bicyclic) bond motifs is 5. The standard InChI is InChI=1S/C47H30N2OS/c1-4-13-31(14-5-1)32-23-26-36(27-24-32)49(41-28-25-33-15-10-11-20-37(33)45(41)34-16-6-2-7-17-34)40-21-12-22-42-46(40)38-29-44-39(30-43(38)50-42)48-47(51-44)35-18-8-3-9-19-35/h1-30H. The molecule has 0 saturated heterocycles. The lowest BCUT2D eigenvalue weighted by atomic mass is 9.94. The van der Waals surface area contributed by atoms with Crippen molar-refractivity contribution < 1.29 is 4.42 Å². The molecule has 2 aromatic heterocycles. The highest BCUT2D eigenvalue weighted by Gasteiger charge is 2.24. The van der Waals surface area contributed by atoms with Gasteiger partial charge in [0.05, 0.1) is 27.0 Å². The molecule has 4 heteroatoms. The third-order valence-corrected chi connectivity index (χ3v) is 10.8. The second-order valence-electron chi connectivity index (χ2n) is 12.7. The van der Waals surface area contributed by atoms with Crippen molar-refractivity contribution >= 4 is 71.3 Å². The maximum absolute atomic E-state index is 6.64. The summed E-state index contributed by atoms with van der Waals surface area (Å²) in [6, 6.07) is 64.5. The molecule has 0 spiro atoms. The molecule has 0 unspecified atom stereocenters. The van der Waals surface area contributed by atoms with Gasteiger partial charge in [-0.2, -0.15) is 0 Å². The maximum atomic E-state index is 6.64. The number of nitrogens with zero attached hydrogens (tertiary/aromatic N) is 2. The molecule has 0 aliphatic rings. The molecule has 0 bridgehead atoms. The lowest BCUT2D eigenvalue weighted by Gasteiger charge is -2.29. The monoisotopic (exact) mass is 670 g/mol. The van der Waals surface area contributed by atoms with Crippen LogP contribution < -0.4 is 4.90 Å². The zero-order valence-electron chi connectivity index (χ0n) is 27.5. The minimum atomic E-state index is 0.830. The number of hydrogen-bond donors (Lipinski definition) is 0. The Morgan fingerprint density at radius 2 is 1.14 bits per heavy atom.